The Labute approximate surface area is 258 Å². The lowest BCUT2D eigenvalue weighted by atomic mass is 10.0. The minimum atomic E-state index is -5.90. The third-order valence-electron chi connectivity index (χ3n) is 4.03. The smallest absolute Gasteiger partial charge is 0.410 e. The maximum atomic E-state index is 14.1. The third kappa shape index (κ3) is 7.40. The first-order chi connectivity index (χ1) is 28.0. The van der Waals surface area contributed by atoms with Crippen LogP contribution in [0.2, 0.25) is 6.43 Å². The SMILES string of the molecule is [2H]CC(OC(=O)N1C([2H])C([2H])c2c([2H])c([2H])c(N([2H])S(=O)(=O)c3c([2H])c([2H])c(C([2H])([2H])Oc4c([2H])c([2H])c(Cl)c([2H])c4[2H])c([2H])c3[2H])c([2H])c2C([2H])C1[2H])(C([2H])([2H])[2H])C([2H])([2H])[2H]. The average Bonchev–Trinajstić information content (AvgIpc) is 3.22. The molecule has 0 aromatic heterocycles. The van der Waals surface area contributed by atoms with E-state index in [0.29, 0.717) is 0 Å². The number of sulfonamides is 1. The van der Waals surface area contributed by atoms with Crippen molar-refractivity contribution >= 4 is 33.4 Å². The van der Waals surface area contributed by atoms with Gasteiger partial charge in [-0.05, 0) is 98.4 Å². The van der Waals surface area contributed by atoms with Crippen molar-refractivity contribution in [3.05, 3.63) is 88.2 Å². The molecule has 0 fully saturated rings. The summed E-state index contributed by atoms with van der Waals surface area (Å²) < 4.78 is 243. The van der Waals surface area contributed by atoms with E-state index in [0.717, 1.165) is 0 Å². The van der Waals surface area contributed by atoms with Gasteiger partial charge in [-0.2, -0.15) is 0 Å². The van der Waals surface area contributed by atoms with Crippen LogP contribution in [-0.2, 0) is 34.1 Å². The van der Waals surface area contributed by atoms with E-state index in [-0.39, 0.29) is 4.90 Å². The standard InChI is InChI=1S/C28H31ClN2O5S/c1-28(2,3)36-27(32)31-16-14-21-6-9-24(18-22(21)15-17-31)30-37(33,34)26-12-4-20(5-13-26)19-35-25-10-7-23(29)8-11-25/h4-13,18,30H,14-17,19H2,1-3H3/i1D,2D3,3D3,4D,5D,6D,7D,8D,9D,10D,11D,12D,13D,14D,15D,16D,17D,18D,19D2/hD. The number of fused-ring (bicyclic) bond motifs is 1. The molecule has 37 heavy (non-hydrogen) atoms. The van der Waals surface area contributed by atoms with Gasteiger partial charge in [-0.25, -0.2) is 13.2 Å². The summed E-state index contributed by atoms with van der Waals surface area (Å²) in [6.07, 6.45) is -6.94. The van der Waals surface area contributed by atoms with Crippen LogP contribution < -0.4 is 9.45 Å². The molecule has 3 aromatic carbocycles. The van der Waals surface area contributed by atoms with E-state index in [2.05, 4.69) is 0 Å². The summed E-state index contributed by atoms with van der Waals surface area (Å²) in [6.45, 7) is -17.7. The molecule has 0 radical (unpaired) electrons. The molecule has 0 bridgehead atoms. The van der Waals surface area contributed by atoms with Gasteiger partial charge in [0.1, 0.15) is 17.9 Å². The molecular weight excluding hydrogens is 512 g/mol. The highest BCUT2D eigenvalue weighted by atomic mass is 35.5. The van der Waals surface area contributed by atoms with Gasteiger partial charge in [0.05, 0.1) is 22.7 Å². The van der Waals surface area contributed by atoms with Crippen LogP contribution in [0.1, 0.15) is 70.2 Å². The Morgan fingerprint density at radius 2 is 1.84 bits per heavy atom. The molecule has 4 unspecified atom stereocenters. The first-order valence-corrected chi connectivity index (χ1v) is 11.6. The van der Waals surface area contributed by atoms with E-state index in [1.807, 2.05) is 0 Å². The van der Waals surface area contributed by atoms with Crippen LogP contribution in [0.15, 0.2) is 71.4 Å². The summed E-state index contributed by atoms with van der Waals surface area (Å²) in [5.41, 5.74) is -8.32. The number of hydrogen-bond acceptors (Lipinski definition) is 5. The molecule has 1 heterocycles. The van der Waals surface area contributed by atoms with Crippen molar-refractivity contribution in [2.75, 3.05) is 17.8 Å². The lowest BCUT2D eigenvalue weighted by Gasteiger charge is -2.26. The molecule has 3 aromatic rings. The number of amides is 1. The summed E-state index contributed by atoms with van der Waals surface area (Å²) in [7, 11) is -5.90. The largest absolute Gasteiger partial charge is 0.489 e. The van der Waals surface area contributed by atoms with Crippen molar-refractivity contribution in [1.82, 2.24) is 4.90 Å². The molecule has 0 aliphatic carbocycles. The van der Waals surface area contributed by atoms with Gasteiger partial charge in [-0.1, -0.05) is 29.7 Å². The number of rotatable bonds is 6. The quantitative estimate of drug-likeness (QED) is 0.391. The summed E-state index contributed by atoms with van der Waals surface area (Å²) in [5, 5.41) is -0.678. The highest BCUT2D eigenvalue weighted by molar-refractivity contribution is 7.92. The summed E-state index contributed by atoms with van der Waals surface area (Å²) >= 11 is 5.76. The predicted octanol–water partition coefficient (Wildman–Crippen LogP) is 6.06. The normalized spacial score (nSPS) is 32.6. The van der Waals surface area contributed by atoms with E-state index in [1.165, 1.54) is 0 Å². The lowest BCUT2D eigenvalue weighted by molar-refractivity contribution is 0.0258. The molecule has 0 spiro atoms. The number of ether oxygens (including phenoxy) is 2. The summed E-state index contributed by atoms with van der Waals surface area (Å²) in [5.74, 6) is -1.10. The first kappa shape index (κ1) is 9.50. The average molecular weight is 568 g/mol. The molecule has 0 saturated carbocycles. The highest BCUT2D eigenvalue weighted by Crippen LogP contribution is 2.24. The van der Waals surface area contributed by atoms with Gasteiger partial charge >= 0.3 is 6.09 Å². The Balaban J connectivity index is 1.88. The van der Waals surface area contributed by atoms with E-state index in [4.69, 9.17) is 55.4 Å². The molecule has 1 amide bonds. The van der Waals surface area contributed by atoms with Gasteiger partial charge in [0, 0.05) is 38.8 Å². The van der Waals surface area contributed by atoms with Gasteiger partial charge in [0.15, 0.2) is 1.41 Å². The second-order valence-corrected chi connectivity index (χ2v) is 8.82. The van der Waals surface area contributed by atoms with Crippen LogP contribution in [0.25, 0.3) is 0 Å². The molecule has 9 heteroatoms. The van der Waals surface area contributed by atoms with E-state index >= 15 is 0 Å². The van der Waals surface area contributed by atoms with Crippen molar-refractivity contribution in [2.24, 2.45) is 0 Å². The van der Waals surface area contributed by atoms with Crippen LogP contribution in [0.3, 0.4) is 0 Å². The molecule has 196 valence electrons. The van der Waals surface area contributed by atoms with E-state index in [9.17, 15) is 13.2 Å². The highest BCUT2D eigenvalue weighted by Gasteiger charge is 2.24. The first-order valence-electron chi connectivity index (χ1n) is 22.7. The zero-order chi connectivity index (χ0) is 48.1. The van der Waals surface area contributed by atoms with Crippen LogP contribution >= 0.6 is 11.6 Å². The van der Waals surface area contributed by atoms with Crippen molar-refractivity contribution in [3.63, 3.8) is 0 Å². The monoisotopic (exact) mass is 567 g/mol. The maximum Gasteiger partial charge on any atom is 0.410 e. The van der Waals surface area contributed by atoms with E-state index < -0.39 is 184 Å². The van der Waals surface area contributed by atoms with Crippen molar-refractivity contribution in [1.29, 1.82) is 0 Å². The predicted molar refractivity (Wildman–Crippen MR) is 145 cm³/mol. The number of nitrogens with one attached hydrogen (secondary N) is 1. The number of benzene rings is 3. The zero-order valence-corrected chi connectivity index (χ0v) is 19.8. The summed E-state index contributed by atoms with van der Waals surface area (Å²) in [4.78, 5) is 11.7. The molecule has 1 aliphatic heterocycles. The number of hydrogen-bond donors (Lipinski definition) is 1. The summed E-state index contributed by atoms with van der Waals surface area (Å²) in [6, 6.07) is -14.0. The van der Waals surface area contributed by atoms with Crippen molar-refractivity contribution < 1.29 is 57.0 Å². The Hall–Kier alpha value is -3.23. The van der Waals surface area contributed by atoms with Gasteiger partial charge in [0.2, 0.25) is 0 Å². The minimum absolute atomic E-state index is 0.0942. The fourth-order valence-corrected chi connectivity index (χ4v) is 3.37. The molecule has 4 rings (SSSR count). The van der Waals surface area contributed by atoms with Crippen LogP contribution in [-0.4, -0.2) is 38.1 Å². The molecular formula is C28H31ClN2O5S. The fourth-order valence-electron chi connectivity index (χ4n) is 2.50. The lowest BCUT2D eigenvalue weighted by Crippen LogP contribution is -2.38. The molecule has 1 N–H and O–H groups in total. The van der Waals surface area contributed by atoms with Crippen molar-refractivity contribution in [2.45, 2.75) is 50.5 Å². The van der Waals surface area contributed by atoms with Crippen LogP contribution in [0.4, 0.5) is 10.5 Å². The number of carbonyl (C=O) groups is 1. The molecule has 7 nitrogen and oxygen atoms in total. The Morgan fingerprint density at radius 3 is 2.51 bits per heavy atom. The Bertz CT molecular complexity index is 2380. The zero-order valence-electron chi connectivity index (χ0n) is 43.2. The minimum Gasteiger partial charge on any atom is -0.489 e. The maximum absolute atomic E-state index is 14.1. The van der Waals surface area contributed by atoms with E-state index in [1.54, 1.807) is 0 Å². The number of carbonyl (C=O) groups excluding carboxylic acids is 1. The van der Waals surface area contributed by atoms with Crippen LogP contribution in [0.5, 0.6) is 5.75 Å². The second kappa shape index (κ2) is 11.0. The van der Waals surface area contributed by atoms with Gasteiger partial charge in [-0.15, -0.1) is 0 Å². The molecule has 1 aliphatic rings. The Kier molecular flexibility index (Phi) is 2.83. The molecule has 4 atom stereocenters. The molecule has 0 saturated heterocycles. The van der Waals surface area contributed by atoms with Crippen molar-refractivity contribution in [3.8, 4) is 5.75 Å². The fraction of sp³-hybridized carbons (Fsp3) is 0.321. The third-order valence-corrected chi connectivity index (χ3v) is 5.36. The Morgan fingerprint density at radius 1 is 1.14 bits per heavy atom. The second-order valence-electron chi connectivity index (χ2n) is 6.90. The van der Waals surface area contributed by atoms with Crippen LogP contribution in [0, 0.1) is 0 Å². The van der Waals surface area contributed by atoms with Gasteiger partial charge in [0.25, 0.3) is 10.0 Å². The number of anilines is 1. The van der Waals surface area contributed by atoms with Gasteiger partial charge < -0.3 is 14.4 Å². The number of nitrogens with zero attached hydrogens (tertiary/aromatic N) is 1. The topological polar surface area (TPSA) is 84.9 Å². The number of halogens is 1. The van der Waals surface area contributed by atoms with Gasteiger partial charge in [-0.3, -0.25) is 4.72 Å².